The van der Waals surface area contributed by atoms with Gasteiger partial charge in [-0.1, -0.05) is 23.7 Å². The normalized spacial score (nSPS) is 10.0. The molecule has 0 saturated heterocycles. The van der Waals surface area contributed by atoms with E-state index < -0.39 is 24.4 Å². The summed E-state index contributed by atoms with van der Waals surface area (Å²) in [5.41, 5.74) is 0.586. The Balaban J connectivity index is 1.63. The zero-order chi connectivity index (χ0) is 19.6. The predicted molar refractivity (Wildman–Crippen MR) is 104 cm³/mol. The van der Waals surface area contributed by atoms with Gasteiger partial charge in [0.1, 0.15) is 5.75 Å². The zero-order valence-electron chi connectivity index (χ0n) is 14.0. The van der Waals surface area contributed by atoms with Gasteiger partial charge in [0, 0.05) is 9.50 Å². The lowest BCUT2D eigenvalue weighted by molar-refractivity contribution is -0.150. The zero-order valence-corrected chi connectivity index (χ0v) is 16.4. The monoisotopic (exact) mass is 454 g/mol. The highest BCUT2D eigenvalue weighted by Gasteiger charge is 2.11. The number of amides is 2. The Morgan fingerprint density at radius 2 is 1.67 bits per heavy atom. The van der Waals surface area contributed by atoms with Crippen LogP contribution in [0.4, 0.5) is 5.69 Å². The van der Waals surface area contributed by atoms with Crippen LogP contribution in [0.25, 0.3) is 0 Å². The average molecular weight is 456 g/mol. The van der Waals surface area contributed by atoms with Gasteiger partial charge in [0.2, 0.25) is 5.91 Å². The molecule has 27 heavy (non-hydrogen) atoms. The molecule has 0 aromatic heterocycles. The molecule has 2 aromatic carbocycles. The first-order valence-corrected chi connectivity index (χ1v) is 8.96. The predicted octanol–water partition coefficient (Wildman–Crippen LogP) is 2.78. The molecule has 0 spiro atoms. The highest BCUT2D eigenvalue weighted by atomic mass is 79.9. The number of benzene rings is 2. The first-order chi connectivity index (χ1) is 12.9. The van der Waals surface area contributed by atoms with Gasteiger partial charge in [-0.15, -0.1) is 0 Å². The number of ether oxygens (including phenoxy) is 2. The van der Waals surface area contributed by atoms with Crippen LogP contribution >= 0.6 is 27.5 Å². The van der Waals surface area contributed by atoms with Gasteiger partial charge in [-0.25, -0.2) is 4.79 Å². The maximum Gasteiger partial charge on any atom is 0.344 e. The molecule has 0 fully saturated rings. The van der Waals surface area contributed by atoms with Gasteiger partial charge in [-0.3, -0.25) is 9.59 Å². The second kappa shape index (κ2) is 10.5. The van der Waals surface area contributed by atoms with E-state index in [1.807, 2.05) is 6.07 Å². The van der Waals surface area contributed by atoms with Gasteiger partial charge in [0.05, 0.1) is 12.2 Å². The summed E-state index contributed by atoms with van der Waals surface area (Å²) < 4.78 is 10.7. The first-order valence-electron chi connectivity index (χ1n) is 7.79. The molecule has 2 N–H and O–H groups in total. The topological polar surface area (TPSA) is 93.7 Å². The van der Waals surface area contributed by atoms with Crippen molar-refractivity contribution in [2.45, 2.75) is 0 Å². The van der Waals surface area contributed by atoms with Crippen molar-refractivity contribution >= 4 is 51.0 Å². The molecule has 7 nitrogen and oxygen atoms in total. The third-order valence-corrected chi connectivity index (χ3v) is 4.07. The van der Waals surface area contributed by atoms with Crippen molar-refractivity contribution in [1.29, 1.82) is 0 Å². The summed E-state index contributed by atoms with van der Waals surface area (Å²) in [6, 6.07) is 13.5. The molecule has 9 heteroatoms. The largest absolute Gasteiger partial charge is 0.482 e. The maximum absolute atomic E-state index is 11.8. The van der Waals surface area contributed by atoms with Gasteiger partial charge in [0.25, 0.3) is 5.91 Å². The molecule has 2 amide bonds. The van der Waals surface area contributed by atoms with E-state index >= 15 is 0 Å². The van der Waals surface area contributed by atoms with Gasteiger partial charge in [-0.2, -0.15) is 0 Å². The van der Waals surface area contributed by atoms with Crippen LogP contribution < -0.4 is 15.4 Å². The van der Waals surface area contributed by atoms with Gasteiger partial charge in [0.15, 0.2) is 13.2 Å². The van der Waals surface area contributed by atoms with E-state index in [2.05, 4.69) is 26.6 Å². The van der Waals surface area contributed by atoms with Crippen LogP contribution in [-0.4, -0.2) is 37.5 Å². The Morgan fingerprint density at radius 3 is 2.37 bits per heavy atom. The summed E-state index contributed by atoms with van der Waals surface area (Å²) >= 11 is 9.04. The van der Waals surface area contributed by atoms with Crippen molar-refractivity contribution in [2.75, 3.05) is 25.1 Å². The number of carbonyl (C=O) groups is 3. The Bertz CT molecular complexity index is 814. The molecule has 0 bridgehead atoms. The van der Waals surface area contributed by atoms with Crippen molar-refractivity contribution in [3.05, 3.63) is 58.0 Å². The summed E-state index contributed by atoms with van der Waals surface area (Å²) in [6.07, 6.45) is 0. The molecule has 0 radical (unpaired) electrons. The molecule has 0 aliphatic rings. The van der Waals surface area contributed by atoms with Crippen LogP contribution in [0.1, 0.15) is 0 Å². The van der Waals surface area contributed by atoms with Crippen molar-refractivity contribution < 1.29 is 23.9 Å². The van der Waals surface area contributed by atoms with Gasteiger partial charge in [-0.05, 0) is 52.3 Å². The van der Waals surface area contributed by atoms with E-state index in [1.54, 1.807) is 42.5 Å². The summed E-state index contributed by atoms with van der Waals surface area (Å²) in [4.78, 5) is 35.0. The van der Waals surface area contributed by atoms with Gasteiger partial charge >= 0.3 is 5.97 Å². The van der Waals surface area contributed by atoms with Crippen LogP contribution in [0.2, 0.25) is 5.02 Å². The fraction of sp³-hybridized carbons (Fsp3) is 0.167. The summed E-state index contributed by atoms with van der Waals surface area (Å²) in [5, 5.41) is 5.54. The Hall–Kier alpha value is -2.58. The molecule has 142 valence electrons. The lowest BCUT2D eigenvalue weighted by Gasteiger charge is -2.09. The van der Waals surface area contributed by atoms with E-state index in [9.17, 15) is 14.4 Å². The van der Waals surface area contributed by atoms with Crippen LogP contribution in [0.15, 0.2) is 53.0 Å². The minimum Gasteiger partial charge on any atom is -0.482 e. The summed E-state index contributed by atoms with van der Waals surface area (Å²) in [7, 11) is 0. The quantitative estimate of drug-likeness (QED) is 0.597. The second-order valence-corrected chi connectivity index (χ2v) is 6.50. The van der Waals surface area contributed by atoms with Crippen LogP contribution in [0.5, 0.6) is 5.75 Å². The SMILES string of the molecule is O=C(COC(=O)COc1ccc(Cl)cc1)NCC(=O)Nc1ccccc1Br. The molecule has 0 aliphatic carbocycles. The Labute approximate surface area is 169 Å². The number of para-hydroxylation sites is 1. The number of nitrogens with one attached hydrogen (secondary N) is 2. The fourth-order valence-electron chi connectivity index (χ4n) is 1.85. The molecule has 0 atom stereocenters. The second-order valence-electron chi connectivity index (χ2n) is 5.21. The van der Waals surface area contributed by atoms with E-state index in [1.165, 1.54) is 0 Å². The maximum atomic E-state index is 11.8. The van der Waals surface area contributed by atoms with E-state index in [0.29, 0.717) is 16.5 Å². The van der Waals surface area contributed by atoms with Crippen molar-refractivity contribution in [2.24, 2.45) is 0 Å². The number of esters is 1. The number of rotatable bonds is 8. The van der Waals surface area contributed by atoms with E-state index in [-0.39, 0.29) is 13.2 Å². The molecular weight excluding hydrogens is 440 g/mol. The van der Waals surface area contributed by atoms with Crippen molar-refractivity contribution in [3.8, 4) is 5.75 Å². The number of carbonyl (C=O) groups excluding carboxylic acids is 3. The fourth-order valence-corrected chi connectivity index (χ4v) is 2.36. The minimum atomic E-state index is -0.710. The Morgan fingerprint density at radius 1 is 0.963 bits per heavy atom. The lowest BCUT2D eigenvalue weighted by atomic mass is 10.3. The summed E-state index contributed by atoms with van der Waals surface area (Å²) in [6.45, 7) is -1.11. The smallest absolute Gasteiger partial charge is 0.344 e. The molecule has 0 heterocycles. The number of anilines is 1. The average Bonchev–Trinajstić information content (AvgIpc) is 2.66. The molecule has 0 aliphatic heterocycles. The Kier molecular flexibility index (Phi) is 8.09. The van der Waals surface area contributed by atoms with E-state index in [4.69, 9.17) is 21.1 Å². The third-order valence-electron chi connectivity index (χ3n) is 3.13. The van der Waals surface area contributed by atoms with Crippen LogP contribution in [0.3, 0.4) is 0 Å². The number of hydrogen-bond acceptors (Lipinski definition) is 5. The van der Waals surface area contributed by atoms with Gasteiger partial charge < -0.3 is 20.1 Å². The molecular formula is C18H16BrClN2O5. The molecule has 0 saturated carbocycles. The molecule has 0 unspecified atom stereocenters. The first kappa shape index (κ1) is 20.7. The minimum absolute atomic E-state index is 0.251. The molecule has 2 rings (SSSR count). The van der Waals surface area contributed by atoms with Crippen LogP contribution in [0, 0.1) is 0 Å². The number of halogens is 2. The van der Waals surface area contributed by atoms with Crippen molar-refractivity contribution in [1.82, 2.24) is 5.32 Å². The number of hydrogen-bond donors (Lipinski definition) is 2. The van der Waals surface area contributed by atoms with E-state index in [0.717, 1.165) is 4.47 Å². The van der Waals surface area contributed by atoms with Crippen molar-refractivity contribution in [3.63, 3.8) is 0 Å². The lowest BCUT2D eigenvalue weighted by Crippen LogP contribution is -2.36. The third kappa shape index (κ3) is 7.67. The molecule has 2 aromatic rings. The standard InChI is InChI=1S/C18H16BrClN2O5/c19-14-3-1-2-4-15(14)22-16(23)9-21-17(24)10-27-18(25)11-26-13-7-5-12(20)6-8-13/h1-8H,9-11H2,(H,21,24)(H,22,23). The summed E-state index contributed by atoms with van der Waals surface area (Å²) in [5.74, 6) is -1.27. The highest BCUT2D eigenvalue weighted by molar-refractivity contribution is 9.10. The highest BCUT2D eigenvalue weighted by Crippen LogP contribution is 2.20. The van der Waals surface area contributed by atoms with Crippen LogP contribution in [-0.2, 0) is 19.1 Å².